The molecule has 0 aliphatic carbocycles. The van der Waals surface area contributed by atoms with E-state index < -0.39 is 0 Å². The Morgan fingerprint density at radius 1 is 1.46 bits per heavy atom. The first kappa shape index (κ1) is 9.50. The molecule has 0 saturated carbocycles. The molecule has 0 radical (unpaired) electrons. The predicted molar refractivity (Wildman–Crippen MR) is 58.0 cm³/mol. The molecule has 1 aromatic rings. The lowest BCUT2D eigenvalue weighted by atomic mass is 10.1. The van der Waals surface area contributed by atoms with Gasteiger partial charge < -0.3 is 0 Å². The van der Waals surface area contributed by atoms with E-state index in [-0.39, 0.29) is 0 Å². The third-order valence-electron chi connectivity index (χ3n) is 1.67. The van der Waals surface area contributed by atoms with Gasteiger partial charge in [0.15, 0.2) is 0 Å². The van der Waals surface area contributed by atoms with Crippen molar-refractivity contribution in [3.63, 3.8) is 0 Å². The summed E-state index contributed by atoms with van der Waals surface area (Å²) in [6.07, 6.45) is 1.76. The molecule has 0 bridgehead atoms. The number of hydrogen-bond donors (Lipinski definition) is 0. The SMILES string of the molecule is C=CCN=C=C(C)c1ccccc1. The number of nitrogens with zero attached hydrogens (tertiary/aromatic N) is 1. The Bertz CT molecular complexity index is 329. The van der Waals surface area contributed by atoms with Gasteiger partial charge >= 0.3 is 0 Å². The monoisotopic (exact) mass is 171 g/mol. The van der Waals surface area contributed by atoms with E-state index >= 15 is 0 Å². The van der Waals surface area contributed by atoms with Crippen LogP contribution in [-0.2, 0) is 0 Å². The van der Waals surface area contributed by atoms with Crippen LogP contribution in [0.3, 0.4) is 0 Å². The van der Waals surface area contributed by atoms with Crippen LogP contribution >= 0.6 is 0 Å². The van der Waals surface area contributed by atoms with E-state index in [1.165, 1.54) is 0 Å². The molecule has 0 aliphatic rings. The predicted octanol–water partition coefficient (Wildman–Crippen LogP) is 2.95. The molecule has 0 heterocycles. The van der Waals surface area contributed by atoms with Crippen LogP contribution < -0.4 is 0 Å². The van der Waals surface area contributed by atoms with Crippen LogP contribution in [0.1, 0.15) is 12.5 Å². The van der Waals surface area contributed by atoms with Crippen molar-refractivity contribution in [3.8, 4) is 0 Å². The number of rotatable bonds is 3. The van der Waals surface area contributed by atoms with Crippen LogP contribution in [0.15, 0.2) is 48.0 Å². The molecule has 13 heavy (non-hydrogen) atoms. The summed E-state index contributed by atoms with van der Waals surface area (Å²) in [5.41, 5.74) is 2.22. The Labute approximate surface area is 79.1 Å². The van der Waals surface area contributed by atoms with Crippen molar-refractivity contribution in [2.45, 2.75) is 6.92 Å². The van der Waals surface area contributed by atoms with E-state index in [4.69, 9.17) is 0 Å². The maximum absolute atomic E-state index is 4.06. The molecule has 0 fully saturated rings. The topological polar surface area (TPSA) is 12.4 Å². The fraction of sp³-hybridized carbons (Fsp3) is 0.167. The molecule has 0 aliphatic heterocycles. The lowest BCUT2D eigenvalue weighted by Crippen LogP contribution is -1.78. The molecule has 1 heteroatoms. The zero-order valence-corrected chi connectivity index (χ0v) is 7.83. The van der Waals surface area contributed by atoms with Crippen molar-refractivity contribution in [1.29, 1.82) is 0 Å². The van der Waals surface area contributed by atoms with Gasteiger partial charge in [-0.3, -0.25) is 0 Å². The van der Waals surface area contributed by atoms with Crippen molar-refractivity contribution < 1.29 is 0 Å². The molecule has 0 atom stereocenters. The lowest BCUT2D eigenvalue weighted by Gasteiger charge is -1.94. The maximum Gasteiger partial charge on any atom is 0.0662 e. The summed E-state index contributed by atoms with van der Waals surface area (Å²) in [4.78, 5) is 4.06. The van der Waals surface area contributed by atoms with E-state index in [0.29, 0.717) is 6.54 Å². The van der Waals surface area contributed by atoms with E-state index in [1.54, 1.807) is 6.08 Å². The van der Waals surface area contributed by atoms with E-state index in [9.17, 15) is 0 Å². The van der Waals surface area contributed by atoms with Gasteiger partial charge in [-0.15, -0.1) is 6.58 Å². The van der Waals surface area contributed by atoms with Gasteiger partial charge in [0.05, 0.1) is 6.54 Å². The Kier molecular flexibility index (Phi) is 3.74. The Morgan fingerprint density at radius 2 is 2.15 bits per heavy atom. The van der Waals surface area contributed by atoms with Crippen molar-refractivity contribution in [3.05, 3.63) is 48.6 Å². The zero-order valence-electron chi connectivity index (χ0n) is 7.83. The van der Waals surface area contributed by atoms with Crippen LogP contribution in [0, 0.1) is 0 Å². The first-order valence-corrected chi connectivity index (χ1v) is 4.27. The molecule has 0 amide bonds. The standard InChI is InChI=1S/C12H13N/c1-3-9-13-10-11(2)12-7-5-4-6-8-12/h3-8H,1,9H2,2H3. The zero-order chi connectivity index (χ0) is 9.52. The Hall–Kier alpha value is -1.59. The second-order valence-electron chi connectivity index (χ2n) is 2.73. The van der Waals surface area contributed by atoms with Gasteiger partial charge in [-0.2, -0.15) is 0 Å². The lowest BCUT2D eigenvalue weighted by molar-refractivity contribution is 1.27. The molecule has 0 spiro atoms. The average molecular weight is 171 g/mol. The number of benzene rings is 1. The highest BCUT2D eigenvalue weighted by Crippen LogP contribution is 2.08. The fourth-order valence-corrected chi connectivity index (χ4v) is 0.981. The maximum atomic E-state index is 4.06. The number of hydrogen-bond acceptors (Lipinski definition) is 1. The van der Waals surface area contributed by atoms with Gasteiger partial charge in [-0.25, -0.2) is 4.99 Å². The van der Waals surface area contributed by atoms with Gasteiger partial charge in [-0.1, -0.05) is 36.4 Å². The first-order valence-electron chi connectivity index (χ1n) is 4.27. The van der Waals surface area contributed by atoms with Crippen molar-refractivity contribution in [2.75, 3.05) is 6.54 Å². The highest BCUT2D eigenvalue weighted by atomic mass is 14.7. The second kappa shape index (κ2) is 5.13. The molecule has 1 rings (SSSR count). The first-order chi connectivity index (χ1) is 6.34. The normalized spacial score (nSPS) is 8.69. The minimum atomic E-state index is 0.629. The third kappa shape index (κ3) is 3.10. The summed E-state index contributed by atoms with van der Waals surface area (Å²) < 4.78 is 0. The largest absolute Gasteiger partial charge is 0.239 e. The van der Waals surface area contributed by atoms with E-state index in [1.807, 2.05) is 37.3 Å². The highest BCUT2D eigenvalue weighted by Gasteiger charge is 1.90. The number of allylic oxidation sites excluding steroid dienone is 1. The van der Waals surface area contributed by atoms with Gasteiger partial charge in [0.25, 0.3) is 0 Å². The van der Waals surface area contributed by atoms with Crippen LogP contribution in [0.5, 0.6) is 0 Å². The van der Waals surface area contributed by atoms with Crippen LogP contribution in [-0.4, -0.2) is 12.4 Å². The molecular weight excluding hydrogens is 158 g/mol. The molecule has 0 unspecified atom stereocenters. The second-order valence-corrected chi connectivity index (χ2v) is 2.73. The van der Waals surface area contributed by atoms with Crippen LogP contribution in [0.25, 0.3) is 5.57 Å². The minimum Gasteiger partial charge on any atom is -0.239 e. The molecule has 66 valence electrons. The number of aliphatic imine (C=N–C) groups is 1. The van der Waals surface area contributed by atoms with Crippen molar-refractivity contribution in [2.24, 2.45) is 4.99 Å². The average Bonchev–Trinajstić information content (AvgIpc) is 2.19. The Morgan fingerprint density at radius 3 is 2.77 bits per heavy atom. The summed E-state index contributed by atoms with van der Waals surface area (Å²) in [7, 11) is 0. The molecule has 0 N–H and O–H groups in total. The Balaban J connectivity index is 2.84. The van der Waals surface area contributed by atoms with E-state index in [0.717, 1.165) is 11.1 Å². The third-order valence-corrected chi connectivity index (χ3v) is 1.67. The van der Waals surface area contributed by atoms with Crippen molar-refractivity contribution in [1.82, 2.24) is 0 Å². The van der Waals surface area contributed by atoms with Crippen LogP contribution in [0.2, 0.25) is 0 Å². The van der Waals surface area contributed by atoms with E-state index in [2.05, 4.69) is 17.4 Å². The van der Waals surface area contributed by atoms with Gasteiger partial charge in [0.2, 0.25) is 0 Å². The minimum absolute atomic E-state index is 0.629. The highest BCUT2D eigenvalue weighted by molar-refractivity contribution is 5.88. The summed E-state index contributed by atoms with van der Waals surface area (Å²) in [5.74, 6) is 2.97. The van der Waals surface area contributed by atoms with Crippen molar-refractivity contribution >= 4 is 11.4 Å². The fourth-order valence-electron chi connectivity index (χ4n) is 0.981. The van der Waals surface area contributed by atoms with Gasteiger partial charge in [-0.05, 0) is 18.4 Å². The van der Waals surface area contributed by atoms with Gasteiger partial charge in [0.1, 0.15) is 0 Å². The summed E-state index contributed by atoms with van der Waals surface area (Å²) in [6.45, 7) is 6.22. The molecule has 0 saturated heterocycles. The quantitative estimate of drug-likeness (QED) is 0.489. The smallest absolute Gasteiger partial charge is 0.0662 e. The molecule has 1 aromatic carbocycles. The summed E-state index contributed by atoms with van der Waals surface area (Å²) in [5, 5.41) is 0. The van der Waals surface area contributed by atoms with Gasteiger partial charge in [0, 0.05) is 5.57 Å². The molecule has 0 aromatic heterocycles. The summed E-state index contributed by atoms with van der Waals surface area (Å²) in [6, 6.07) is 10.1. The summed E-state index contributed by atoms with van der Waals surface area (Å²) >= 11 is 0. The van der Waals surface area contributed by atoms with Crippen LogP contribution in [0.4, 0.5) is 0 Å². The molecule has 1 nitrogen and oxygen atoms in total. The molecular formula is C12H13N.